The Bertz CT molecular complexity index is 465. The van der Waals surface area contributed by atoms with Crippen molar-refractivity contribution in [3.8, 4) is 0 Å². The van der Waals surface area contributed by atoms with Gasteiger partial charge < -0.3 is 0 Å². The normalized spacial score (nSPS) is 17.9. The molecule has 1 aliphatic rings. The molecule has 1 saturated carbocycles. The molecule has 1 heteroatoms. The summed E-state index contributed by atoms with van der Waals surface area (Å²) in [7, 11) is 0. The van der Waals surface area contributed by atoms with Crippen molar-refractivity contribution < 1.29 is 4.79 Å². The molecule has 0 spiro atoms. The first kappa shape index (κ1) is 14.3. The predicted octanol–water partition coefficient (Wildman–Crippen LogP) is 5.09. The van der Waals surface area contributed by atoms with Crippen LogP contribution in [0, 0.1) is 25.2 Å². The average molecular weight is 258 g/mol. The minimum absolute atomic E-state index is 0.0767. The van der Waals surface area contributed by atoms with Crippen molar-refractivity contribution in [3.63, 3.8) is 0 Å². The molecule has 0 unspecified atom stereocenters. The number of hydrogen-bond donors (Lipinski definition) is 0. The highest BCUT2D eigenvalue weighted by atomic mass is 16.1. The Balaban J connectivity index is 2.37. The number of Topliss-reactive ketones (excluding diaryl/α,β-unsaturated/α-hetero) is 1. The summed E-state index contributed by atoms with van der Waals surface area (Å²) in [6.07, 6.45) is 5.63. The highest BCUT2D eigenvalue weighted by Crippen LogP contribution is 2.46. The number of benzene rings is 1. The Kier molecular flexibility index (Phi) is 4.13. The highest BCUT2D eigenvalue weighted by Gasteiger charge is 2.41. The first-order valence-electron chi connectivity index (χ1n) is 7.57. The molecule has 1 aromatic carbocycles. The number of carbonyl (C=O) groups excluding carboxylic acids is 1. The molecule has 2 rings (SSSR count). The lowest BCUT2D eigenvalue weighted by Gasteiger charge is -2.30. The third-order valence-corrected chi connectivity index (χ3v) is 4.69. The molecule has 1 nitrogen and oxygen atoms in total. The van der Waals surface area contributed by atoms with Crippen LogP contribution < -0.4 is 0 Å². The van der Waals surface area contributed by atoms with Gasteiger partial charge in [0.2, 0.25) is 0 Å². The quantitative estimate of drug-likeness (QED) is 0.687. The summed E-state index contributed by atoms with van der Waals surface area (Å²) in [5, 5.41) is 0. The Labute approximate surface area is 117 Å². The Morgan fingerprint density at radius 2 is 1.84 bits per heavy atom. The predicted molar refractivity (Wildman–Crippen MR) is 80.6 cm³/mol. The third-order valence-electron chi connectivity index (χ3n) is 4.69. The summed E-state index contributed by atoms with van der Waals surface area (Å²) >= 11 is 0. The Morgan fingerprint density at radius 3 is 2.42 bits per heavy atom. The van der Waals surface area contributed by atoms with Gasteiger partial charge in [-0.25, -0.2) is 0 Å². The van der Waals surface area contributed by atoms with E-state index in [9.17, 15) is 4.79 Å². The van der Waals surface area contributed by atoms with Gasteiger partial charge >= 0.3 is 0 Å². The molecule has 0 N–H and O–H groups in total. The fourth-order valence-corrected chi connectivity index (χ4v) is 3.64. The van der Waals surface area contributed by atoms with Crippen molar-refractivity contribution in [3.05, 3.63) is 34.9 Å². The van der Waals surface area contributed by atoms with E-state index in [0.29, 0.717) is 11.7 Å². The van der Waals surface area contributed by atoms with Crippen molar-refractivity contribution >= 4 is 5.78 Å². The van der Waals surface area contributed by atoms with Crippen LogP contribution in [0.2, 0.25) is 0 Å². The minimum atomic E-state index is -0.0767. The van der Waals surface area contributed by atoms with Gasteiger partial charge in [0.1, 0.15) is 0 Å². The van der Waals surface area contributed by atoms with E-state index in [1.807, 2.05) is 12.1 Å². The van der Waals surface area contributed by atoms with Gasteiger partial charge in [0.05, 0.1) is 0 Å². The van der Waals surface area contributed by atoms with E-state index in [1.165, 1.54) is 24.0 Å². The molecule has 0 bridgehead atoms. The second-order valence-electron chi connectivity index (χ2n) is 6.66. The average Bonchev–Trinajstić information content (AvgIpc) is 2.80. The van der Waals surface area contributed by atoms with Crippen LogP contribution in [-0.4, -0.2) is 5.78 Å². The summed E-state index contributed by atoms with van der Waals surface area (Å²) in [6.45, 7) is 8.64. The number of rotatable bonds is 4. The van der Waals surface area contributed by atoms with Crippen LogP contribution in [-0.2, 0) is 0 Å². The molecule has 0 amide bonds. The molecule has 0 heterocycles. The topological polar surface area (TPSA) is 17.1 Å². The van der Waals surface area contributed by atoms with E-state index < -0.39 is 0 Å². The zero-order valence-electron chi connectivity index (χ0n) is 12.8. The smallest absolute Gasteiger partial charge is 0.169 e. The number of carbonyl (C=O) groups is 1. The summed E-state index contributed by atoms with van der Waals surface area (Å²) in [5.41, 5.74) is 3.28. The molecule has 0 saturated heterocycles. The zero-order valence-corrected chi connectivity index (χ0v) is 12.8. The zero-order chi connectivity index (χ0) is 14.0. The van der Waals surface area contributed by atoms with Crippen LogP contribution in [0.1, 0.15) is 67.4 Å². The third kappa shape index (κ3) is 2.75. The maximum atomic E-state index is 13.1. The minimum Gasteiger partial charge on any atom is -0.294 e. The van der Waals surface area contributed by atoms with E-state index in [1.54, 1.807) is 0 Å². The lowest BCUT2D eigenvalue weighted by atomic mass is 9.72. The molecule has 104 valence electrons. The van der Waals surface area contributed by atoms with Crippen LogP contribution in [0.4, 0.5) is 0 Å². The van der Waals surface area contributed by atoms with Gasteiger partial charge in [0, 0.05) is 11.0 Å². The molecule has 0 radical (unpaired) electrons. The van der Waals surface area contributed by atoms with Gasteiger partial charge in [0.15, 0.2) is 5.78 Å². The number of aryl methyl sites for hydroxylation is 1. The SMILES string of the molecule is Cc1cccc(C(=O)C2(CC(C)C)CCCC2)c1C. The van der Waals surface area contributed by atoms with Crippen LogP contribution in [0.25, 0.3) is 0 Å². The molecule has 1 aliphatic carbocycles. The Hall–Kier alpha value is -1.11. The summed E-state index contributed by atoms with van der Waals surface area (Å²) in [5.74, 6) is 0.993. The van der Waals surface area contributed by atoms with Crippen molar-refractivity contribution in [2.45, 2.75) is 59.8 Å². The van der Waals surface area contributed by atoms with Crippen molar-refractivity contribution in [2.75, 3.05) is 0 Å². The maximum absolute atomic E-state index is 13.1. The molecular weight excluding hydrogens is 232 g/mol. The number of ketones is 1. The second-order valence-corrected chi connectivity index (χ2v) is 6.66. The summed E-state index contributed by atoms with van der Waals surface area (Å²) < 4.78 is 0. The fraction of sp³-hybridized carbons (Fsp3) is 0.611. The molecular formula is C18H26O. The van der Waals surface area contributed by atoms with Gasteiger partial charge in [-0.15, -0.1) is 0 Å². The second kappa shape index (κ2) is 5.48. The molecule has 1 aromatic rings. The van der Waals surface area contributed by atoms with E-state index in [0.717, 1.165) is 24.8 Å². The number of hydrogen-bond acceptors (Lipinski definition) is 1. The van der Waals surface area contributed by atoms with Gasteiger partial charge in [0.25, 0.3) is 0 Å². The van der Waals surface area contributed by atoms with Crippen molar-refractivity contribution in [1.82, 2.24) is 0 Å². The van der Waals surface area contributed by atoms with Crippen molar-refractivity contribution in [1.29, 1.82) is 0 Å². The molecule has 1 fully saturated rings. The fourth-order valence-electron chi connectivity index (χ4n) is 3.64. The first-order valence-corrected chi connectivity index (χ1v) is 7.57. The van der Waals surface area contributed by atoms with Gasteiger partial charge in [-0.2, -0.15) is 0 Å². The summed E-state index contributed by atoms with van der Waals surface area (Å²) in [4.78, 5) is 13.1. The maximum Gasteiger partial charge on any atom is 0.169 e. The largest absolute Gasteiger partial charge is 0.294 e. The van der Waals surface area contributed by atoms with Gasteiger partial charge in [-0.1, -0.05) is 44.9 Å². The molecule has 19 heavy (non-hydrogen) atoms. The van der Waals surface area contributed by atoms with Crippen LogP contribution in [0.5, 0.6) is 0 Å². The standard InChI is InChI=1S/C18H26O/c1-13(2)12-18(10-5-6-11-18)17(19)16-9-7-8-14(3)15(16)4/h7-9,13H,5-6,10-12H2,1-4H3. The van der Waals surface area contributed by atoms with Crippen LogP contribution in [0.15, 0.2) is 18.2 Å². The first-order chi connectivity index (χ1) is 8.96. The van der Waals surface area contributed by atoms with Crippen LogP contribution >= 0.6 is 0 Å². The monoisotopic (exact) mass is 258 g/mol. The molecule has 0 atom stereocenters. The van der Waals surface area contributed by atoms with E-state index in [2.05, 4.69) is 33.8 Å². The summed E-state index contributed by atoms with van der Waals surface area (Å²) in [6, 6.07) is 6.13. The lowest BCUT2D eigenvalue weighted by Crippen LogP contribution is -2.30. The highest BCUT2D eigenvalue weighted by molar-refractivity contribution is 6.02. The van der Waals surface area contributed by atoms with E-state index >= 15 is 0 Å². The van der Waals surface area contributed by atoms with Gasteiger partial charge in [-0.3, -0.25) is 4.79 Å². The van der Waals surface area contributed by atoms with E-state index in [4.69, 9.17) is 0 Å². The van der Waals surface area contributed by atoms with Crippen molar-refractivity contribution in [2.24, 2.45) is 11.3 Å². The van der Waals surface area contributed by atoms with E-state index in [-0.39, 0.29) is 5.41 Å². The lowest BCUT2D eigenvalue weighted by molar-refractivity contribution is 0.0759. The molecule has 0 aromatic heterocycles. The molecule has 0 aliphatic heterocycles. The van der Waals surface area contributed by atoms with Gasteiger partial charge in [-0.05, 0) is 50.2 Å². The van der Waals surface area contributed by atoms with Crippen LogP contribution in [0.3, 0.4) is 0 Å². The Morgan fingerprint density at radius 1 is 1.21 bits per heavy atom.